The van der Waals surface area contributed by atoms with Crippen LogP contribution in [0.15, 0.2) is 55.0 Å². The van der Waals surface area contributed by atoms with Gasteiger partial charge in [-0.1, -0.05) is 33.6 Å². The summed E-state index contributed by atoms with van der Waals surface area (Å²) in [7, 11) is 0. The van der Waals surface area contributed by atoms with Gasteiger partial charge in [0.25, 0.3) is 5.56 Å². The van der Waals surface area contributed by atoms with Crippen LogP contribution in [0.1, 0.15) is 11.4 Å². The Morgan fingerprint density at radius 1 is 1.18 bits per heavy atom. The van der Waals surface area contributed by atoms with Crippen LogP contribution in [0.4, 0.5) is 0 Å². The summed E-state index contributed by atoms with van der Waals surface area (Å²) in [5.41, 5.74) is 1.80. The number of benzene rings is 2. The first-order chi connectivity index (χ1) is 10.5. The van der Waals surface area contributed by atoms with Crippen molar-refractivity contribution in [3.8, 4) is 0 Å². The number of rotatable bonds is 3. The van der Waals surface area contributed by atoms with E-state index < -0.39 is 0 Å². The van der Waals surface area contributed by atoms with E-state index in [4.69, 9.17) is 0 Å². The Bertz CT molecular complexity index is 891. The van der Waals surface area contributed by atoms with Gasteiger partial charge >= 0.3 is 0 Å². The van der Waals surface area contributed by atoms with Crippen molar-refractivity contribution in [3.05, 3.63) is 67.1 Å². The summed E-state index contributed by atoms with van der Waals surface area (Å²) in [4.78, 5) is 20.8. The maximum atomic E-state index is 12.2. The summed E-state index contributed by atoms with van der Waals surface area (Å²) in [6.07, 6.45) is 0. The number of nitrogens with one attached hydrogen (secondary N) is 1. The lowest BCUT2D eigenvalue weighted by Crippen LogP contribution is -2.11. The molecule has 0 unspecified atom stereocenters. The minimum atomic E-state index is -0.119. The van der Waals surface area contributed by atoms with Crippen molar-refractivity contribution in [2.24, 2.45) is 0 Å². The highest BCUT2D eigenvalue weighted by molar-refractivity contribution is 9.11. The van der Waals surface area contributed by atoms with Gasteiger partial charge in [0.1, 0.15) is 5.82 Å². The number of hydrogen-bond acceptors (Lipinski definition) is 3. The van der Waals surface area contributed by atoms with Gasteiger partial charge in [0.15, 0.2) is 0 Å². The van der Waals surface area contributed by atoms with E-state index in [-0.39, 0.29) is 5.56 Å². The van der Waals surface area contributed by atoms with E-state index in [2.05, 4.69) is 73.0 Å². The van der Waals surface area contributed by atoms with Crippen molar-refractivity contribution in [2.45, 2.75) is 17.6 Å². The predicted molar refractivity (Wildman–Crippen MR) is 98.5 cm³/mol. The topological polar surface area (TPSA) is 45.8 Å². The van der Waals surface area contributed by atoms with Crippen LogP contribution >= 0.6 is 43.6 Å². The number of halogens is 2. The van der Waals surface area contributed by atoms with E-state index in [1.807, 2.05) is 6.07 Å². The molecule has 0 fully saturated rings. The molecule has 22 heavy (non-hydrogen) atoms. The van der Waals surface area contributed by atoms with Crippen molar-refractivity contribution in [3.63, 3.8) is 0 Å². The number of fused-ring (bicyclic) bond motifs is 1. The van der Waals surface area contributed by atoms with Gasteiger partial charge in [0.05, 0.1) is 16.7 Å². The lowest BCUT2D eigenvalue weighted by atomic mass is 10.2. The summed E-state index contributed by atoms with van der Waals surface area (Å²) in [5.74, 6) is 1.29. The molecule has 0 saturated carbocycles. The molecule has 1 N–H and O–H groups in total. The van der Waals surface area contributed by atoms with Crippen molar-refractivity contribution < 1.29 is 0 Å². The third-order valence-electron chi connectivity index (χ3n) is 3.17. The van der Waals surface area contributed by atoms with E-state index in [9.17, 15) is 4.79 Å². The fourth-order valence-corrected chi connectivity index (χ4v) is 4.15. The number of aromatic nitrogens is 2. The van der Waals surface area contributed by atoms with E-state index >= 15 is 0 Å². The Labute approximate surface area is 148 Å². The van der Waals surface area contributed by atoms with Gasteiger partial charge in [0, 0.05) is 13.8 Å². The number of aryl methyl sites for hydroxylation is 1. The normalized spacial score (nSPS) is 11.0. The molecule has 6 heteroatoms. The second-order valence-corrected chi connectivity index (χ2v) is 7.72. The van der Waals surface area contributed by atoms with Gasteiger partial charge in [-0.15, -0.1) is 11.8 Å². The molecule has 0 aliphatic rings. The zero-order valence-corrected chi connectivity index (χ0v) is 15.7. The first-order valence-electron chi connectivity index (χ1n) is 6.60. The Morgan fingerprint density at radius 3 is 2.64 bits per heavy atom. The second kappa shape index (κ2) is 6.56. The fraction of sp³-hybridized carbons (Fsp3) is 0.125. The summed E-state index contributed by atoms with van der Waals surface area (Å²) in [6, 6.07) is 12.0. The summed E-state index contributed by atoms with van der Waals surface area (Å²) in [5, 5.41) is 0.574. The van der Waals surface area contributed by atoms with Crippen LogP contribution in [0, 0.1) is 6.92 Å². The highest BCUT2D eigenvalue weighted by Gasteiger charge is 2.09. The lowest BCUT2D eigenvalue weighted by Gasteiger charge is -2.05. The molecule has 3 rings (SSSR count). The third-order valence-corrected chi connectivity index (χ3v) is 5.26. The van der Waals surface area contributed by atoms with E-state index in [0.29, 0.717) is 22.5 Å². The van der Waals surface area contributed by atoms with Gasteiger partial charge in [0.2, 0.25) is 0 Å². The first kappa shape index (κ1) is 15.8. The molecule has 0 radical (unpaired) electrons. The quantitative estimate of drug-likeness (QED) is 0.581. The van der Waals surface area contributed by atoms with Crippen LogP contribution in [0.2, 0.25) is 0 Å². The van der Waals surface area contributed by atoms with Gasteiger partial charge in [-0.05, 0) is 47.1 Å². The maximum Gasteiger partial charge on any atom is 0.258 e. The van der Waals surface area contributed by atoms with Crippen molar-refractivity contribution in [2.75, 3.05) is 0 Å². The largest absolute Gasteiger partial charge is 0.309 e. The van der Waals surface area contributed by atoms with Crippen molar-refractivity contribution in [1.82, 2.24) is 9.97 Å². The van der Waals surface area contributed by atoms with Crippen LogP contribution in [0.25, 0.3) is 10.9 Å². The Hall–Kier alpha value is -1.11. The SMILES string of the molecule is Cc1ccc(SCc2nc3c(Br)cc(Br)cc3c(=O)[nH]2)cc1. The highest BCUT2D eigenvalue weighted by atomic mass is 79.9. The Kier molecular flexibility index (Phi) is 4.70. The van der Waals surface area contributed by atoms with Crippen LogP contribution < -0.4 is 5.56 Å². The summed E-state index contributed by atoms with van der Waals surface area (Å²) < 4.78 is 1.66. The molecule has 1 heterocycles. The molecule has 1 aromatic heterocycles. The first-order valence-corrected chi connectivity index (χ1v) is 9.17. The molecule has 3 nitrogen and oxygen atoms in total. The predicted octanol–water partition coefficient (Wildman–Crippen LogP) is 5.05. The second-order valence-electron chi connectivity index (χ2n) is 4.90. The number of thioether (sulfide) groups is 1. The standard InChI is InChI=1S/C16H12Br2N2OS/c1-9-2-4-11(5-3-9)22-8-14-19-15-12(16(21)20-14)6-10(17)7-13(15)18/h2-7H,8H2,1H3,(H,19,20,21). The maximum absolute atomic E-state index is 12.2. The number of nitrogens with zero attached hydrogens (tertiary/aromatic N) is 1. The number of H-pyrrole nitrogens is 1. The molecule has 0 aliphatic carbocycles. The van der Waals surface area contributed by atoms with Crippen LogP contribution in [-0.2, 0) is 5.75 Å². The molecule has 0 saturated heterocycles. The van der Waals surface area contributed by atoms with Crippen LogP contribution in [0.3, 0.4) is 0 Å². The molecule has 112 valence electrons. The van der Waals surface area contributed by atoms with E-state index in [1.54, 1.807) is 17.8 Å². The van der Waals surface area contributed by atoms with Crippen molar-refractivity contribution in [1.29, 1.82) is 0 Å². The number of aromatic amines is 1. The number of hydrogen-bond donors (Lipinski definition) is 1. The van der Waals surface area contributed by atoms with Gasteiger partial charge < -0.3 is 4.98 Å². The van der Waals surface area contributed by atoms with Gasteiger partial charge in [-0.25, -0.2) is 4.98 Å². The minimum absolute atomic E-state index is 0.119. The zero-order chi connectivity index (χ0) is 15.7. The molecular weight excluding hydrogens is 428 g/mol. The Balaban J connectivity index is 1.91. The molecule has 0 spiro atoms. The molecule has 3 aromatic rings. The molecule has 0 bridgehead atoms. The van der Waals surface area contributed by atoms with Gasteiger partial charge in [-0.2, -0.15) is 0 Å². The van der Waals surface area contributed by atoms with Gasteiger partial charge in [-0.3, -0.25) is 4.79 Å². The monoisotopic (exact) mass is 438 g/mol. The molecule has 2 aromatic carbocycles. The summed E-state index contributed by atoms with van der Waals surface area (Å²) >= 11 is 8.51. The van der Waals surface area contributed by atoms with Crippen LogP contribution in [0.5, 0.6) is 0 Å². The third kappa shape index (κ3) is 3.45. The molecule has 0 atom stereocenters. The Morgan fingerprint density at radius 2 is 1.91 bits per heavy atom. The molecular formula is C16H12Br2N2OS. The van der Waals surface area contributed by atoms with E-state index in [1.165, 1.54) is 5.56 Å². The fourth-order valence-electron chi connectivity index (χ4n) is 2.07. The minimum Gasteiger partial charge on any atom is -0.309 e. The van der Waals surface area contributed by atoms with E-state index in [0.717, 1.165) is 13.8 Å². The van der Waals surface area contributed by atoms with Crippen molar-refractivity contribution >= 4 is 54.5 Å². The smallest absolute Gasteiger partial charge is 0.258 e. The summed E-state index contributed by atoms with van der Waals surface area (Å²) in [6.45, 7) is 2.06. The average molecular weight is 440 g/mol. The van der Waals surface area contributed by atoms with Crippen LogP contribution in [-0.4, -0.2) is 9.97 Å². The zero-order valence-electron chi connectivity index (χ0n) is 11.7. The highest BCUT2D eigenvalue weighted by Crippen LogP contribution is 2.26. The average Bonchev–Trinajstić information content (AvgIpc) is 2.48. The molecule has 0 amide bonds. The lowest BCUT2D eigenvalue weighted by molar-refractivity contribution is 1.04. The molecule has 0 aliphatic heterocycles.